The molecule has 0 bridgehead atoms. The Labute approximate surface area is 143 Å². The molecule has 1 heterocycles. The Morgan fingerprint density at radius 2 is 1.65 bits per heavy atom. The summed E-state index contributed by atoms with van der Waals surface area (Å²) in [4.78, 5) is 4.37. The average molecular weight is 346 g/mol. The van der Waals surface area contributed by atoms with Gasteiger partial charge in [-0.05, 0) is 30.7 Å². The maximum absolute atomic E-state index is 6.13. The number of nitrogens with one attached hydrogen (secondary N) is 2. The van der Waals surface area contributed by atoms with Crippen molar-refractivity contribution >= 4 is 46.3 Å². The summed E-state index contributed by atoms with van der Waals surface area (Å²) in [5.41, 5.74) is 2.61. The Bertz CT molecular complexity index is 818. The van der Waals surface area contributed by atoms with Crippen molar-refractivity contribution in [1.82, 2.24) is 15.2 Å². The molecule has 0 saturated carbocycles. The summed E-state index contributed by atoms with van der Waals surface area (Å²) in [5, 5.41) is 15.1. The van der Waals surface area contributed by atoms with Gasteiger partial charge in [0.25, 0.3) is 0 Å². The van der Waals surface area contributed by atoms with Crippen molar-refractivity contribution in [2.75, 3.05) is 10.6 Å². The van der Waals surface area contributed by atoms with Crippen molar-refractivity contribution in [1.29, 1.82) is 0 Å². The maximum Gasteiger partial charge on any atom is 0.249 e. The van der Waals surface area contributed by atoms with E-state index in [4.69, 9.17) is 23.2 Å². The van der Waals surface area contributed by atoms with Crippen LogP contribution in [0, 0.1) is 6.92 Å². The minimum atomic E-state index is 0.304. The molecule has 2 aromatic carbocycles. The zero-order valence-electron chi connectivity index (χ0n) is 12.2. The molecule has 0 aliphatic carbocycles. The van der Waals surface area contributed by atoms with E-state index in [2.05, 4.69) is 25.8 Å². The van der Waals surface area contributed by atoms with Crippen LogP contribution in [0.4, 0.5) is 23.1 Å². The molecule has 116 valence electrons. The molecule has 0 aliphatic rings. The molecule has 23 heavy (non-hydrogen) atoms. The lowest BCUT2D eigenvalue weighted by Crippen LogP contribution is -2.03. The molecule has 0 saturated heterocycles. The van der Waals surface area contributed by atoms with Gasteiger partial charge in [0.1, 0.15) is 0 Å². The molecular weight excluding hydrogens is 333 g/mol. The van der Waals surface area contributed by atoms with Gasteiger partial charge < -0.3 is 10.6 Å². The van der Waals surface area contributed by atoms with Gasteiger partial charge in [-0.2, -0.15) is 10.1 Å². The topological polar surface area (TPSA) is 62.7 Å². The van der Waals surface area contributed by atoms with Crippen molar-refractivity contribution in [3.8, 4) is 0 Å². The van der Waals surface area contributed by atoms with Crippen LogP contribution in [0.25, 0.3) is 0 Å². The van der Waals surface area contributed by atoms with E-state index in [0.717, 1.165) is 11.3 Å². The van der Waals surface area contributed by atoms with Gasteiger partial charge in [0, 0.05) is 5.69 Å². The van der Waals surface area contributed by atoms with Crippen molar-refractivity contribution in [2.24, 2.45) is 0 Å². The van der Waals surface area contributed by atoms with E-state index in [0.29, 0.717) is 27.5 Å². The van der Waals surface area contributed by atoms with Crippen molar-refractivity contribution in [2.45, 2.75) is 6.92 Å². The maximum atomic E-state index is 6.13. The molecule has 3 rings (SSSR count). The second kappa shape index (κ2) is 6.81. The summed E-state index contributed by atoms with van der Waals surface area (Å²) in [6.07, 6.45) is 1.55. The van der Waals surface area contributed by atoms with Gasteiger partial charge in [0.05, 0.1) is 21.9 Å². The highest BCUT2D eigenvalue weighted by atomic mass is 35.5. The number of hydrogen-bond donors (Lipinski definition) is 2. The van der Waals surface area contributed by atoms with Gasteiger partial charge in [-0.3, -0.25) is 0 Å². The van der Waals surface area contributed by atoms with Crippen LogP contribution in [0.3, 0.4) is 0 Å². The molecule has 0 amide bonds. The molecule has 1 aromatic heterocycles. The number of hydrogen-bond acceptors (Lipinski definition) is 5. The van der Waals surface area contributed by atoms with E-state index >= 15 is 0 Å². The van der Waals surface area contributed by atoms with Crippen LogP contribution in [0.5, 0.6) is 0 Å². The molecule has 0 radical (unpaired) electrons. The Morgan fingerprint density at radius 3 is 2.39 bits per heavy atom. The number of aromatic nitrogens is 3. The molecule has 0 fully saturated rings. The number of anilines is 4. The van der Waals surface area contributed by atoms with E-state index in [1.54, 1.807) is 24.4 Å². The number of aryl methyl sites for hydroxylation is 1. The second-order valence-corrected chi connectivity index (χ2v) is 5.64. The Balaban J connectivity index is 1.84. The van der Waals surface area contributed by atoms with Crippen LogP contribution in [-0.2, 0) is 0 Å². The zero-order chi connectivity index (χ0) is 16.2. The first-order chi connectivity index (χ1) is 11.1. The van der Waals surface area contributed by atoms with Gasteiger partial charge in [-0.15, -0.1) is 5.10 Å². The molecule has 0 atom stereocenters. The van der Waals surface area contributed by atoms with Crippen LogP contribution in [-0.4, -0.2) is 15.2 Å². The van der Waals surface area contributed by atoms with Gasteiger partial charge >= 0.3 is 0 Å². The van der Waals surface area contributed by atoms with Crippen LogP contribution >= 0.6 is 23.2 Å². The van der Waals surface area contributed by atoms with Crippen molar-refractivity contribution < 1.29 is 0 Å². The quantitative estimate of drug-likeness (QED) is 0.698. The molecule has 0 spiro atoms. The zero-order valence-corrected chi connectivity index (χ0v) is 13.7. The predicted molar refractivity (Wildman–Crippen MR) is 94.0 cm³/mol. The van der Waals surface area contributed by atoms with Crippen LogP contribution in [0.15, 0.2) is 48.7 Å². The lowest BCUT2D eigenvalue weighted by molar-refractivity contribution is 0.982. The van der Waals surface area contributed by atoms with Gasteiger partial charge in [-0.25, -0.2) is 0 Å². The molecule has 0 aliphatic heterocycles. The first kappa shape index (κ1) is 15.5. The highest BCUT2D eigenvalue weighted by molar-refractivity contribution is 6.39. The van der Waals surface area contributed by atoms with Crippen LogP contribution < -0.4 is 10.6 Å². The summed E-state index contributed by atoms with van der Waals surface area (Å²) in [7, 11) is 0. The van der Waals surface area contributed by atoms with E-state index in [1.807, 2.05) is 31.2 Å². The Hall–Kier alpha value is -2.37. The Morgan fingerprint density at radius 1 is 0.913 bits per heavy atom. The minimum absolute atomic E-state index is 0.304. The van der Waals surface area contributed by atoms with Gasteiger partial charge in [0.2, 0.25) is 5.95 Å². The summed E-state index contributed by atoms with van der Waals surface area (Å²) in [5.74, 6) is 0.874. The highest BCUT2D eigenvalue weighted by Gasteiger charge is 2.08. The van der Waals surface area contributed by atoms with Crippen molar-refractivity contribution in [3.05, 3.63) is 64.3 Å². The van der Waals surface area contributed by atoms with E-state index < -0.39 is 0 Å². The number of para-hydroxylation sites is 2. The normalized spacial score (nSPS) is 10.4. The summed E-state index contributed by atoms with van der Waals surface area (Å²) in [6, 6.07) is 13.1. The average Bonchev–Trinajstić information content (AvgIpc) is 2.54. The second-order valence-electron chi connectivity index (χ2n) is 4.83. The summed E-state index contributed by atoms with van der Waals surface area (Å²) < 4.78 is 0. The first-order valence-corrected chi connectivity index (χ1v) is 7.62. The number of nitrogens with zero attached hydrogens (tertiary/aromatic N) is 3. The third-order valence-corrected chi connectivity index (χ3v) is 3.80. The lowest BCUT2D eigenvalue weighted by Gasteiger charge is -2.11. The largest absolute Gasteiger partial charge is 0.339 e. The first-order valence-electron chi connectivity index (χ1n) is 6.87. The lowest BCUT2D eigenvalue weighted by atomic mass is 10.2. The number of rotatable bonds is 4. The van der Waals surface area contributed by atoms with Crippen molar-refractivity contribution in [3.63, 3.8) is 0 Å². The highest BCUT2D eigenvalue weighted by Crippen LogP contribution is 2.31. The molecular formula is C16H13Cl2N5. The number of benzene rings is 2. The molecule has 0 unspecified atom stereocenters. The Kier molecular flexibility index (Phi) is 4.60. The summed E-state index contributed by atoms with van der Waals surface area (Å²) >= 11 is 12.3. The van der Waals surface area contributed by atoms with E-state index in [-0.39, 0.29) is 0 Å². The number of halogens is 2. The fourth-order valence-electron chi connectivity index (χ4n) is 2.00. The molecule has 5 nitrogen and oxygen atoms in total. The SMILES string of the molecule is Cc1ccccc1Nc1cnnc(Nc2c(Cl)cccc2Cl)n1. The molecule has 7 heteroatoms. The van der Waals surface area contributed by atoms with E-state index in [9.17, 15) is 0 Å². The van der Waals surface area contributed by atoms with Crippen LogP contribution in [0.1, 0.15) is 5.56 Å². The predicted octanol–water partition coefficient (Wildman–Crippen LogP) is 4.97. The standard InChI is InChI=1S/C16H13Cl2N5/c1-10-5-2-3-8-13(10)20-14-9-19-23-16(21-14)22-15-11(17)6-4-7-12(15)18/h2-9H,1H3,(H2,20,21,22,23). The monoisotopic (exact) mass is 345 g/mol. The fraction of sp³-hybridized carbons (Fsp3) is 0.0625. The van der Waals surface area contributed by atoms with Crippen LogP contribution in [0.2, 0.25) is 10.0 Å². The fourth-order valence-corrected chi connectivity index (χ4v) is 2.49. The summed E-state index contributed by atoms with van der Waals surface area (Å²) in [6.45, 7) is 2.01. The minimum Gasteiger partial charge on any atom is -0.339 e. The molecule has 3 aromatic rings. The van der Waals surface area contributed by atoms with E-state index in [1.165, 1.54) is 0 Å². The van der Waals surface area contributed by atoms with Gasteiger partial charge in [0.15, 0.2) is 5.82 Å². The smallest absolute Gasteiger partial charge is 0.249 e. The third-order valence-electron chi connectivity index (χ3n) is 3.17. The third kappa shape index (κ3) is 3.70. The molecule has 2 N–H and O–H groups in total. The van der Waals surface area contributed by atoms with Gasteiger partial charge in [-0.1, -0.05) is 47.5 Å².